The van der Waals surface area contributed by atoms with Crippen LogP contribution in [0.15, 0.2) is 60.9 Å². The maximum absolute atomic E-state index is 6.37. The summed E-state index contributed by atoms with van der Waals surface area (Å²) in [5, 5.41) is 2.93. The Hall–Kier alpha value is -1.90. The Morgan fingerprint density at radius 2 is 1.89 bits per heavy atom. The molecule has 3 aromatic rings. The van der Waals surface area contributed by atoms with Crippen molar-refractivity contribution in [3.8, 4) is 0 Å². The van der Waals surface area contributed by atoms with Crippen LogP contribution in [0, 0.1) is 0 Å². The molecule has 3 rings (SSSR count). The first-order valence-corrected chi connectivity index (χ1v) is 6.47. The minimum absolute atomic E-state index is 0.190. The number of rotatable bonds is 2. The average Bonchev–Trinajstić information content (AvgIpc) is 2.46. The number of halogens is 1. The summed E-state index contributed by atoms with van der Waals surface area (Å²) in [5.41, 5.74) is 8.47. The SMILES string of the molecule is NC(c1cccc(Cl)c1)c1cccc2cnccc12. The van der Waals surface area contributed by atoms with Crippen LogP contribution in [0.25, 0.3) is 10.8 Å². The molecule has 1 heterocycles. The van der Waals surface area contributed by atoms with E-state index in [0.29, 0.717) is 5.02 Å². The topological polar surface area (TPSA) is 38.9 Å². The molecule has 0 aliphatic carbocycles. The average molecular weight is 269 g/mol. The van der Waals surface area contributed by atoms with E-state index in [-0.39, 0.29) is 6.04 Å². The molecule has 19 heavy (non-hydrogen) atoms. The molecule has 0 bridgehead atoms. The van der Waals surface area contributed by atoms with Crippen LogP contribution in [0.3, 0.4) is 0 Å². The van der Waals surface area contributed by atoms with E-state index < -0.39 is 0 Å². The Labute approximate surface area is 116 Å². The molecule has 0 spiro atoms. The minimum Gasteiger partial charge on any atom is -0.320 e. The van der Waals surface area contributed by atoms with E-state index in [2.05, 4.69) is 4.98 Å². The summed E-state index contributed by atoms with van der Waals surface area (Å²) < 4.78 is 0. The van der Waals surface area contributed by atoms with Crippen molar-refractivity contribution in [2.75, 3.05) is 0 Å². The van der Waals surface area contributed by atoms with Crippen molar-refractivity contribution in [2.45, 2.75) is 6.04 Å². The highest BCUT2D eigenvalue weighted by molar-refractivity contribution is 6.30. The van der Waals surface area contributed by atoms with Gasteiger partial charge in [-0.2, -0.15) is 0 Å². The Kier molecular flexibility index (Phi) is 3.20. The predicted molar refractivity (Wildman–Crippen MR) is 79.2 cm³/mol. The molecule has 1 atom stereocenters. The van der Waals surface area contributed by atoms with Gasteiger partial charge in [0.25, 0.3) is 0 Å². The summed E-state index contributed by atoms with van der Waals surface area (Å²) in [4.78, 5) is 4.14. The van der Waals surface area contributed by atoms with Gasteiger partial charge in [-0.1, -0.05) is 41.9 Å². The van der Waals surface area contributed by atoms with Crippen LogP contribution in [0.1, 0.15) is 17.2 Å². The summed E-state index contributed by atoms with van der Waals surface area (Å²) in [6.07, 6.45) is 3.64. The number of hydrogen-bond donors (Lipinski definition) is 1. The zero-order valence-corrected chi connectivity index (χ0v) is 11.0. The Balaban J connectivity index is 2.14. The van der Waals surface area contributed by atoms with Crippen molar-refractivity contribution in [1.82, 2.24) is 4.98 Å². The van der Waals surface area contributed by atoms with Crippen LogP contribution in [0.5, 0.6) is 0 Å². The second-order valence-electron chi connectivity index (χ2n) is 4.48. The lowest BCUT2D eigenvalue weighted by molar-refractivity contribution is 0.880. The third-order valence-corrected chi connectivity index (χ3v) is 3.49. The normalized spacial score (nSPS) is 12.5. The number of fused-ring (bicyclic) bond motifs is 1. The van der Waals surface area contributed by atoms with Crippen LogP contribution < -0.4 is 5.73 Å². The van der Waals surface area contributed by atoms with Gasteiger partial charge in [0.05, 0.1) is 6.04 Å². The van der Waals surface area contributed by atoms with E-state index in [4.69, 9.17) is 17.3 Å². The van der Waals surface area contributed by atoms with E-state index in [0.717, 1.165) is 21.9 Å². The predicted octanol–water partition coefficient (Wildman–Crippen LogP) is 3.94. The number of nitrogens with two attached hydrogens (primary N) is 1. The number of nitrogens with zero attached hydrogens (tertiary/aromatic N) is 1. The summed E-state index contributed by atoms with van der Waals surface area (Å²) in [5.74, 6) is 0. The molecule has 0 saturated heterocycles. The molecule has 2 aromatic carbocycles. The van der Waals surface area contributed by atoms with Crippen LogP contribution in [0.4, 0.5) is 0 Å². The Morgan fingerprint density at radius 1 is 1.05 bits per heavy atom. The summed E-state index contributed by atoms with van der Waals surface area (Å²) >= 11 is 6.03. The van der Waals surface area contributed by atoms with Crippen molar-refractivity contribution in [3.05, 3.63) is 77.1 Å². The summed E-state index contributed by atoms with van der Waals surface area (Å²) in [6, 6.07) is 15.6. The molecule has 3 heteroatoms. The molecule has 0 fully saturated rings. The smallest absolute Gasteiger partial charge is 0.0558 e. The fourth-order valence-electron chi connectivity index (χ4n) is 2.30. The van der Waals surface area contributed by atoms with Gasteiger partial charge >= 0.3 is 0 Å². The first-order valence-electron chi connectivity index (χ1n) is 6.09. The molecule has 0 aliphatic heterocycles. The van der Waals surface area contributed by atoms with Crippen molar-refractivity contribution in [1.29, 1.82) is 0 Å². The highest BCUT2D eigenvalue weighted by Gasteiger charge is 2.12. The number of hydrogen-bond acceptors (Lipinski definition) is 2. The zero-order chi connectivity index (χ0) is 13.2. The molecule has 94 valence electrons. The lowest BCUT2D eigenvalue weighted by atomic mass is 9.95. The Morgan fingerprint density at radius 3 is 2.74 bits per heavy atom. The molecule has 0 radical (unpaired) electrons. The fraction of sp³-hybridized carbons (Fsp3) is 0.0625. The molecule has 2 N–H and O–H groups in total. The second kappa shape index (κ2) is 5.00. The third kappa shape index (κ3) is 2.33. The van der Waals surface area contributed by atoms with E-state index in [9.17, 15) is 0 Å². The van der Waals surface area contributed by atoms with Crippen LogP contribution in [0.2, 0.25) is 5.02 Å². The fourth-order valence-corrected chi connectivity index (χ4v) is 2.50. The maximum atomic E-state index is 6.37. The quantitative estimate of drug-likeness (QED) is 0.765. The van der Waals surface area contributed by atoms with Crippen molar-refractivity contribution in [2.24, 2.45) is 5.73 Å². The third-order valence-electron chi connectivity index (χ3n) is 3.26. The largest absolute Gasteiger partial charge is 0.320 e. The standard InChI is InChI=1S/C16H13ClN2/c17-13-5-1-3-11(9-13)16(18)15-6-2-4-12-10-19-8-7-14(12)15/h1-10,16H,18H2. The van der Waals surface area contributed by atoms with Gasteiger partial charge in [-0.05, 0) is 34.7 Å². The maximum Gasteiger partial charge on any atom is 0.0558 e. The van der Waals surface area contributed by atoms with Gasteiger partial charge in [0.1, 0.15) is 0 Å². The molecule has 0 amide bonds. The van der Waals surface area contributed by atoms with Gasteiger partial charge in [-0.3, -0.25) is 4.98 Å². The van der Waals surface area contributed by atoms with E-state index >= 15 is 0 Å². The van der Waals surface area contributed by atoms with Gasteiger partial charge in [-0.25, -0.2) is 0 Å². The van der Waals surface area contributed by atoms with Gasteiger partial charge in [0.2, 0.25) is 0 Å². The van der Waals surface area contributed by atoms with E-state index in [1.165, 1.54) is 0 Å². The lowest BCUT2D eigenvalue weighted by Gasteiger charge is -2.15. The van der Waals surface area contributed by atoms with Gasteiger partial charge < -0.3 is 5.73 Å². The highest BCUT2D eigenvalue weighted by Crippen LogP contribution is 2.27. The lowest BCUT2D eigenvalue weighted by Crippen LogP contribution is -2.12. The number of pyridine rings is 1. The molecule has 1 aromatic heterocycles. The van der Waals surface area contributed by atoms with Crippen molar-refractivity contribution >= 4 is 22.4 Å². The highest BCUT2D eigenvalue weighted by atomic mass is 35.5. The molecule has 0 saturated carbocycles. The van der Waals surface area contributed by atoms with E-state index in [1.54, 1.807) is 6.20 Å². The number of aromatic nitrogens is 1. The zero-order valence-electron chi connectivity index (χ0n) is 10.3. The summed E-state index contributed by atoms with van der Waals surface area (Å²) in [6.45, 7) is 0. The second-order valence-corrected chi connectivity index (χ2v) is 4.91. The van der Waals surface area contributed by atoms with Gasteiger partial charge in [0.15, 0.2) is 0 Å². The Bertz CT molecular complexity index is 719. The summed E-state index contributed by atoms with van der Waals surface area (Å²) in [7, 11) is 0. The van der Waals surface area contributed by atoms with Crippen molar-refractivity contribution < 1.29 is 0 Å². The molecule has 1 unspecified atom stereocenters. The minimum atomic E-state index is -0.190. The van der Waals surface area contributed by atoms with Crippen molar-refractivity contribution in [3.63, 3.8) is 0 Å². The van der Waals surface area contributed by atoms with E-state index in [1.807, 2.05) is 54.7 Å². The molecular weight excluding hydrogens is 256 g/mol. The van der Waals surface area contributed by atoms with Crippen LogP contribution >= 0.6 is 11.6 Å². The van der Waals surface area contributed by atoms with Crippen LogP contribution in [-0.4, -0.2) is 4.98 Å². The van der Waals surface area contributed by atoms with Gasteiger partial charge in [0, 0.05) is 22.8 Å². The molecule has 0 aliphatic rings. The first-order chi connectivity index (χ1) is 9.25. The first kappa shape index (κ1) is 12.2. The molecular formula is C16H13ClN2. The van der Waals surface area contributed by atoms with Crippen LogP contribution in [-0.2, 0) is 0 Å². The number of benzene rings is 2. The van der Waals surface area contributed by atoms with Gasteiger partial charge in [-0.15, -0.1) is 0 Å². The monoisotopic (exact) mass is 268 g/mol. The molecule has 2 nitrogen and oxygen atoms in total.